The molecule has 112 valence electrons. The van der Waals surface area contributed by atoms with Crippen molar-refractivity contribution in [1.82, 2.24) is 10.2 Å². The Morgan fingerprint density at radius 1 is 1.16 bits per heavy atom. The summed E-state index contributed by atoms with van der Waals surface area (Å²) in [5, 5.41) is 12.7. The van der Waals surface area contributed by atoms with Crippen LogP contribution in [0.25, 0.3) is 0 Å². The van der Waals surface area contributed by atoms with Crippen LogP contribution in [0.1, 0.15) is 52.4 Å². The van der Waals surface area contributed by atoms with Crippen LogP contribution in [0, 0.1) is 5.41 Å². The van der Waals surface area contributed by atoms with E-state index in [2.05, 4.69) is 19.2 Å². The van der Waals surface area contributed by atoms with E-state index in [9.17, 15) is 9.90 Å². The van der Waals surface area contributed by atoms with Gasteiger partial charge in [-0.25, -0.2) is 0 Å². The van der Waals surface area contributed by atoms with Crippen molar-refractivity contribution in [2.24, 2.45) is 5.41 Å². The third kappa shape index (κ3) is 5.11. The molecule has 1 heterocycles. The fourth-order valence-electron chi connectivity index (χ4n) is 2.65. The normalized spacial score (nSPS) is 17.3. The number of hydrogen-bond donors (Lipinski definition) is 2. The lowest BCUT2D eigenvalue weighted by molar-refractivity contribution is -0.130. The molecule has 0 atom stereocenters. The summed E-state index contributed by atoms with van der Waals surface area (Å²) in [6.45, 7) is 7.32. The average Bonchev–Trinajstić information content (AvgIpc) is 2.73. The second kappa shape index (κ2) is 8.54. The Kier molecular flexibility index (Phi) is 7.39. The first-order valence-electron chi connectivity index (χ1n) is 7.77. The highest BCUT2D eigenvalue weighted by Gasteiger charge is 2.25. The number of amides is 1. The molecule has 1 amide bonds. The second-order valence-corrected chi connectivity index (χ2v) is 5.76. The summed E-state index contributed by atoms with van der Waals surface area (Å²) >= 11 is 0. The van der Waals surface area contributed by atoms with E-state index in [1.54, 1.807) is 0 Å². The van der Waals surface area contributed by atoms with Gasteiger partial charge in [0.05, 0.1) is 6.54 Å². The topological polar surface area (TPSA) is 52.6 Å². The van der Waals surface area contributed by atoms with Gasteiger partial charge in [-0.05, 0) is 25.7 Å². The van der Waals surface area contributed by atoms with Crippen LogP contribution < -0.4 is 5.32 Å². The van der Waals surface area contributed by atoms with Crippen molar-refractivity contribution in [2.75, 3.05) is 32.8 Å². The molecule has 0 spiro atoms. The lowest BCUT2D eigenvalue weighted by atomic mass is 9.83. The lowest BCUT2D eigenvalue weighted by Gasteiger charge is -2.30. The van der Waals surface area contributed by atoms with E-state index in [0.717, 1.165) is 45.3 Å². The molecule has 0 saturated carbocycles. The van der Waals surface area contributed by atoms with Gasteiger partial charge < -0.3 is 15.3 Å². The van der Waals surface area contributed by atoms with Crippen molar-refractivity contribution in [3.63, 3.8) is 0 Å². The van der Waals surface area contributed by atoms with Crippen molar-refractivity contribution in [2.45, 2.75) is 52.4 Å². The molecule has 0 aliphatic carbocycles. The molecule has 1 aliphatic heterocycles. The number of rotatable bonds is 7. The average molecular weight is 270 g/mol. The number of aliphatic hydroxyl groups is 1. The van der Waals surface area contributed by atoms with Crippen molar-refractivity contribution in [3.8, 4) is 0 Å². The Hall–Kier alpha value is -0.610. The first-order chi connectivity index (χ1) is 9.17. The highest BCUT2D eigenvalue weighted by Crippen LogP contribution is 2.24. The predicted octanol–water partition coefficient (Wildman–Crippen LogP) is 1.78. The zero-order valence-corrected chi connectivity index (χ0v) is 12.6. The molecular formula is C15H30N2O2. The van der Waals surface area contributed by atoms with Crippen molar-refractivity contribution in [1.29, 1.82) is 0 Å². The van der Waals surface area contributed by atoms with E-state index in [1.165, 1.54) is 12.8 Å². The molecule has 0 aromatic heterocycles. The fraction of sp³-hybridized carbons (Fsp3) is 0.933. The number of nitrogens with one attached hydrogen (secondary N) is 1. The van der Waals surface area contributed by atoms with Crippen LogP contribution in [-0.4, -0.2) is 48.7 Å². The number of hydrogen-bond acceptors (Lipinski definition) is 3. The number of nitrogens with zero attached hydrogens (tertiary/aromatic N) is 1. The minimum absolute atomic E-state index is 0.0704. The summed E-state index contributed by atoms with van der Waals surface area (Å²) in [5.74, 6) is 0.209. The number of carbonyl (C=O) groups is 1. The zero-order valence-electron chi connectivity index (χ0n) is 12.6. The van der Waals surface area contributed by atoms with Gasteiger partial charge in [0.1, 0.15) is 0 Å². The summed E-state index contributed by atoms with van der Waals surface area (Å²) < 4.78 is 0. The first kappa shape index (κ1) is 16.4. The SMILES string of the molecule is CCC(CC)(CO)CNCC(=O)N1CCCCCC1. The molecule has 2 N–H and O–H groups in total. The van der Waals surface area contributed by atoms with Gasteiger partial charge in [-0.3, -0.25) is 4.79 Å². The van der Waals surface area contributed by atoms with Gasteiger partial charge in [0.25, 0.3) is 0 Å². The Balaban J connectivity index is 2.32. The Morgan fingerprint density at radius 2 is 1.74 bits per heavy atom. The van der Waals surface area contributed by atoms with Gasteiger partial charge >= 0.3 is 0 Å². The molecule has 1 saturated heterocycles. The summed E-state index contributed by atoms with van der Waals surface area (Å²) in [4.78, 5) is 14.1. The van der Waals surface area contributed by atoms with Gasteiger partial charge in [-0.1, -0.05) is 26.7 Å². The smallest absolute Gasteiger partial charge is 0.236 e. The van der Waals surface area contributed by atoms with Crippen LogP contribution in [0.15, 0.2) is 0 Å². The van der Waals surface area contributed by atoms with E-state index < -0.39 is 0 Å². The molecule has 4 nitrogen and oxygen atoms in total. The maximum Gasteiger partial charge on any atom is 0.236 e. The molecule has 19 heavy (non-hydrogen) atoms. The third-order valence-electron chi connectivity index (χ3n) is 4.57. The summed E-state index contributed by atoms with van der Waals surface area (Å²) in [6.07, 6.45) is 6.63. The molecule has 0 aromatic carbocycles. The molecule has 0 radical (unpaired) electrons. The second-order valence-electron chi connectivity index (χ2n) is 5.76. The fourth-order valence-corrected chi connectivity index (χ4v) is 2.65. The molecule has 1 aliphatic rings. The molecular weight excluding hydrogens is 240 g/mol. The first-order valence-corrected chi connectivity index (χ1v) is 7.77. The molecule has 4 heteroatoms. The van der Waals surface area contributed by atoms with Crippen LogP contribution >= 0.6 is 0 Å². The largest absolute Gasteiger partial charge is 0.396 e. The van der Waals surface area contributed by atoms with Gasteiger partial charge in [-0.15, -0.1) is 0 Å². The van der Waals surface area contributed by atoms with Crippen molar-refractivity contribution < 1.29 is 9.90 Å². The summed E-state index contributed by atoms with van der Waals surface area (Å²) in [7, 11) is 0. The van der Waals surface area contributed by atoms with Crippen LogP contribution in [0.2, 0.25) is 0 Å². The van der Waals surface area contributed by atoms with Gasteiger partial charge in [0.2, 0.25) is 5.91 Å². The molecule has 1 rings (SSSR count). The van der Waals surface area contributed by atoms with E-state index in [4.69, 9.17) is 0 Å². The van der Waals surface area contributed by atoms with E-state index >= 15 is 0 Å². The van der Waals surface area contributed by atoms with Crippen LogP contribution in [-0.2, 0) is 4.79 Å². The quantitative estimate of drug-likeness (QED) is 0.741. The maximum absolute atomic E-state index is 12.1. The van der Waals surface area contributed by atoms with Crippen LogP contribution in [0.5, 0.6) is 0 Å². The summed E-state index contributed by atoms with van der Waals surface area (Å²) in [6, 6.07) is 0. The van der Waals surface area contributed by atoms with Crippen LogP contribution in [0.3, 0.4) is 0 Å². The standard InChI is InChI=1S/C15H30N2O2/c1-3-15(4-2,13-18)12-16-11-14(19)17-9-7-5-6-8-10-17/h16,18H,3-13H2,1-2H3. The van der Waals surface area contributed by atoms with Gasteiger partial charge in [0.15, 0.2) is 0 Å². The highest BCUT2D eigenvalue weighted by atomic mass is 16.3. The maximum atomic E-state index is 12.1. The van der Waals surface area contributed by atoms with Crippen LogP contribution in [0.4, 0.5) is 0 Å². The van der Waals surface area contributed by atoms with Crippen molar-refractivity contribution >= 4 is 5.91 Å². The molecule has 1 fully saturated rings. The van der Waals surface area contributed by atoms with Gasteiger partial charge in [0, 0.05) is 31.7 Å². The number of carbonyl (C=O) groups excluding carboxylic acids is 1. The minimum Gasteiger partial charge on any atom is -0.396 e. The Morgan fingerprint density at radius 3 is 2.21 bits per heavy atom. The highest BCUT2D eigenvalue weighted by molar-refractivity contribution is 5.78. The monoisotopic (exact) mass is 270 g/mol. The van der Waals surface area contributed by atoms with E-state index in [-0.39, 0.29) is 17.9 Å². The summed E-state index contributed by atoms with van der Waals surface area (Å²) in [5.41, 5.74) is -0.0704. The number of aliphatic hydroxyl groups excluding tert-OH is 1. The number of likely N-dealkylation sites (tertiary alicyclic amines) is 1. The predicted molar refractivity (Wildman–Crippen MR) is 78.0 cm³/mol. The Bertz CT molecular complexity index is 249. The molecule has 0 unspecified atom stereocenters. The third-order valence-corrected chi connectivity index (χ3v) is 4.57. The van der Waals surface area contributed by atoms with Gasteiger partial charge in [-0.2, -0.15) is 0 Å². The minimum atomic E-state index is -0.0704. The molecule has 0 bridgehead atoms. The van der Waals surface area contributed by atoms with Crippen molar-refractivity contribution in [3.05, 3.63) is 0 Å². The Labute approximate surface area is 117 Å². The lowest BCUT2D eigenvalue weighted by Crippen LogP contribution is -2.43. The molecule has 0 aromatic rings. The zero-order chi connectivity index (χ0) is 14.1. The van der Waals surface area contributed by atoms with E-state index in [1.807, 2.05) is 4.90 Å². The van der Waals surface area contributed by atoms with E-state index in [0.29, 0.717) is 6.54 Å².